The Balaban J connectivity index is 2.20. The molecule has 0 fully saturated rings. The summed E-state index contributed by atoms with van der Waals surface area (Å²) in [5.41, 5.74) is 1.23. The molecular weight excluding hydrogens is 379 g/mol. The Morgan fingerprint density at radius 2 is 2.00 bits per heavy atom. The van der Waals surface area contributed by atoms with Gasteiger partial charge in [-0.15, -0.1) is 0 Å². The molecule has 0 N–H and O–H groups in total. The molecule has 0 aliphatic carbocycles. The first kappa shape index (κ1) is 16.1. The van der Waals surface area contributed by atoms with E-state index in [9.17, 15) is 4.79 Å². The molecule has 0 radical (unpaired) electrons. The van der Waals surface area contributed by atoms with E-state index >= 15 is 0 Å². The maximum atomic E-state index is 11.1. The third-order valence-corrected chi connectivity index (χ3v) is 3.88. The van der Waals surface area contributed by atoms with E-state index in [0.29, 0.717) is 27.6 Å². The van der Waals surface area contributed by atoms with Gasteiger partial charge in [0.1, 0.15) is 18.1 Å². The minimum atomic E-state index is 0.269. The van der Waals surface area contributed by atoms with Crippen molar-refractivity contribution in [2.24, 2.45) is 0 Å². The van der Waals surface area contributed by atoms with Gasteiger partial charge in [0.25, 0.3) is 0 Å². The van der Waals surface area contributed by atoms with E-state index in [-0.39, 0.29) is 6.61 Å². The number of hydrogen-bond acceptors (Lipinski definition) is 3. The van der Waals surface area contributed by atoms with Crippen molar-refractivity contribution in [3.63, 3.8) is 0 Å². The topological polar surface area (TPSA) is 35.5 Å². The maximum Gasteiger partial charge on any atom is 0.153 e. The Hall–Kier alpha value is -1.23. The standard InChI is InChI=1S/C15H11BrCl2O3/c1-20-14-3-2-9(4-12(14)16)8-21-15-10(7-19)5-11(17)6-13(15)18/h2-7H,8H2,1H3. The molecule has 110 valence electrons. The first-order chi connectivity index (χ1) is 10.0. The van der Waals surface area contributed by atoms with Gasteiger partial charge in [-0.3, -0.25) is 4.79 Å². The zero-order valence-corrected chi connectivity index (χ0v) is 14.1. The molecular formula is C15H11BrCl2O3. The Morgan fingerprint density at radius 1 is 1.24 bits per heavy atom. The third kappa shape index (κ3) is 3.90. The lowest BCUT2D eigenvalue weighted by molar-refractivity contribution is 0.111. The number of methoxy groups -OCH3 is 1. The fourth-order valence-corrected chi connectivity index (χ4v) is 2.93. The van der Waals surface area contributed by atoms with Crippen LogP contribution in [0.25, 0.3) is 0 Å². The van der Waals surface area contributed by atoms with E-state index in [2.05, 4.69) is 15.9 Å². The largest absolute Gasteiger partial charge is 0.496 e. The van der Waals surface area contributed by atoms with Gasteiger partial charge in [-0.05, 0) is 45.8 Å². The van der Waals surface area contributed by atoms with Crippen molar-refractivity contribution in [3.05, 3.63) is 56.0 Å². The zero-order valence-electron chi connectivity index (χ0n) is 11.0. The van der Waals surface area contributed by atoms with Crippen LogP contribution in [-0.4, -0.2) is 13.4 Å². The average molecular weight is 390 g/mol. The van der Waals surface area contributed by atoms with Gasteiger partial charge in [-0.2, -0.15) is 0 Å². The summed E-state index contributed by atoms with van der Waals surface area (Å²) in [5.74, 6) is 1.06. The molecule has 6 heteroatoms. The van der Waals surface area contributed by atoms with Crippen LogP contribution in [0.15, 0.2) is 34.8 Å². The van der Waals surface area contributed by atoms with Crippen LogP contribution in [0.4, 0.5) is 0 Å². The van der Waals surface area contributed by atoms with Crippen molar-refractivity contribution in [2.45, 2.75) is 6.61 Å². The van der Waals surface area contributed by atoms with Gasteiger partial charge in [0, 0.05) is 5.02 Å². The van der Waals surface area contributed by atoms with Crippen LogP contribution in [0.3, 0.4) is 0 Å². The molecule has 0 amide bonds. The second-order valence-corrected chi connectivity index (χ2v) is 5.88. The molecule has 0 heterocycles. The summed E-state index contributed by atoms with van der Waals surface area (Å²) >= 11 is 15.3. The quantitative estimate of drug-likeness (QED) is 0.663. The fourth-order valence-electron chi connectivity index (χ4n) is 1.78. The molecule has 2 aromatic carbocycles. The third-order valence-electron chi connectivity index (χ3n) is 2.76. The van der Waals surface area contributed by atoms with Gasteiger partial charge in [0.15, 0.2) is 6.29 Å². The lowest BCUT2D eigenvalue weighted by Crippen LogP contribution is -1.99. The summed E-state index contributed by atoms with van der Waals surface area (Å²) in [4.78, 5) is 11.1. The minimum absolute atomic E-state index is 0.269. The van der Waals surface area contributed by atoms with E-state index < -0.39 is 0 Å². The highest BCUT2D eigenvalue weighted by Crippen LogP contribution is 2.32. The van der Waals surface area contributed by atoms with E-state index in [1.165, 1.54) is 12.1 Å². The Bertz CT molecular complexity index is 674. The van der Waals surface area contributed by atoms with Crippen molar-refractivity contribution < 1.29 is 14.3 Å². The molecule has 0 unspecified atom stereocenters. The summed E-state index contributed by atoms with van der Waals surface area (Å²) in [6.07, 6.45) is 0.664. The van der Waals surface area contributed by atoms with Crippen molar-refractivity contribution in [3.8, 4) is 11.5 Å². The molecule has 0 saturated heterocycles. The van der Waals surface area contributed by atoms with Crippen molar-refractivity contribution in [2.75, 3.05) is 7.11 Å². The molecule has 0 aliphatic heterocycles. The van der Waals surface area contributed by atoms with Gasteiger partial charge in [0.05, 0.1) is 22.2 Å². The van der Waals surface area contributed by atoms with Crippen LogP contribution in [0.2, 0.25) is 10.0 Å². The summed E-state index contributed by atoms with van der Waals surface area (Å²) in [6.45, 7) is 0.269. The van der Waals surface area contributed by atoms with Gasteiger partial charge < -0.3 is 9.47 Å². The highest BCUT2D eigenvalue weighted by molar-refractivity contribution is 9.10. The van der Waals surface area contributed by atoms with Gasteiger partial charge >= 0.3 is 0 Å². The highest BCUT2D eigenvalue weighted by Gasteiger charge is 2.11. The molecule has 0 saturated carbocycles. The summed E-state index contributed by atoms with van der Waals surface area (Å²) < 4.78 is 11.6. The number of carbonyl (C=O) groups is 1. The van der Waals surface area contributed by atoms with E-state index in [1.807, 2.05) is 18.2 Å². The number of aldehydes is 1. The molecule has 0 bridgehead atoms. The number of ether oxygens (including phenoxy) is 2. The van der Waals surface area contributed by atoms with Crippen LogP contribution in [0.5, 0.6) is 11.5 Å². The lowest BCUT2D eigenvalue weighted by atomic mass is 10.2. The van der Waals surface area contributed by atoms with E-state index in [4.69, 9.17) is 32.7 Å². The number of hydrogen-bond donors (Lipinski definition) is 0. The predicted molar refractivity (Wildman–Crippen MR) is 86.9 cm³/mol. The van der Waals surface area contributed by atoms with Gasteiger partial charge in [-0.1, -0.05) is 29.3 Å². The summed E-state index contributed by atoms with van der Waals surface area (Å²) in [6, 6.07) is 8.62. The molecule has 21 heavy (non-hydrogen) atoms. The number of carbonyl (C=O) groups excluding carboxylic acids is 1. The van der Waals surface area contributed by atoms with Crippen LogP contribution in [-0.2, 0) is 6.61 Å². The Labute approximate surface area is 140 Å². The molecule has 2 rings (SSSR count). The zero-order chi connectivity index (χ0) is 15.4. The first-order valence-corrected chi connectivity index (χ1v) is 7.49. The predicted octanol–water partition coefficient (Wildman–Crippen LogP) is 5.16. The number of halogens is 3. The van der Waals surface area contributed by atoms with E-state index in [1.54, 1.807) is 7.11 Å². The van der Waals surface area contributed by atoms with Crippen LogP contribution >= 0.6 is 39.1 Å². The van der Waals surface area contributed by atoms with E-state index in [0.717, 1.165) is 15.8 Å². The van der Waals surface area contributed by atoms with Crippen LogP contribution in [0.1, 0.15) is 15.9 Å². The monoisotopic (exact) mass is 388 g/mol. The van der Waals surface area contributed by atoms with Gasteiger partial charge in [0.2, 0.25) is 0 Å². The fraction of sp³-hybridized carbons (Fsp3) is 0.133. The normalized spacial score (nSPS) is 10.3. The Morgan fingerprint density at radius 3 is 2.62 bits per heavy atom. The van der Waals surface area contributed by atoms with Crippen LogP contribution < -0.4 is 9.47 Å². The molecule has 2 aromatic rings. The van der Waals surface area contributed by atoms with Crippen molar-refractivity contribution in [1.29, 1.82) is 0 Å². The summed E-state index contributed by atoms with van der Waals surface area (Å²) in [7, 11) is 1.60. The SMILES string of the molecule is COc1ccc(COc2c(Cl)cc(Cl)cc2C=O)cc1Br. The highest BCUT2D eigenvalue weighted by atomic mass is 79.9. The minimum Gasteiger partial charge on any atom is -0.496 e. The first-order valence-electron chi connectivity index (χ1n) is 5.94. The summed E-state index contributed by atoms with van der Waals surface area (Å²) in [5, 5.41) is 0.693. The van der Waals surface area contributed by atoms with Crippen molar-refractivity contribution in [1.82, 2.24) is 0 Å². The number of rotatable bonds is 5. The second kappa shape index (κ2) is 7.16. The Kier molecular flexibility index (Phi) is 5.51. The van der Waals surface area contributed by atoms with Crippen LogP contribution in [0, 0.1) is 0 Å². The molecule has 0 aromatic heterocycles. The smallest absolute Gasteiger partial charge is 0.153 e. The van der Waals surface area contributed by atoms with Gasteiger partial charge in [-0.25, -0.2) is 0 Å². The molecule has 0 aliphatic rings. The molecule has 3 nitrogen and oxygen atoms in total. The second-order valence-electron chi connectivity index (χ2n) is 4.18. The molecule has 0 atom stereocenters. The number of benzene rings is 2. The maximum absolute atomic E-state index is 11.1. The average Bonchev–Trinajstić information content (AvgIpc) is 2.45. The lowest BCUT2D eigenvalue weighted by Gasteiger charge is -2.12. The van der Waals surface area contributed by atoms with Crippen molar-refractivity contribution >= 4 is 45.4 Å². The molecule has 0 spiro atoms.